The fourth-order valence-electron chi connectivity index (χ4n) is 4.65. The van der Waals surface area contributed by atoms with Gasteiger partial charge in [-0.3, -0.25) is 9.59 Å². The lowest BCUT2D eigenvalue weighted by molar-refractivity contribution is -0.148. The summed E-state index contributed by atoms with van der Waals surface area (Å²) >= 11 is 1.60. The van der Waals surface area contributed by atoms with Gasteiger partial charge in [-0.05, 0) is 85.3 Å². The number of benzene rings is 1. The SMILES string of the molecule is CSCCC(NC(=O)OC(C)(C)C)C(=O)N(C(C(=O)NC1CCCCC1)c1ccc(C)cc1)C(C)(C)C. The molecule has 0 saturated heterocycles. The summed E-state index contributed by atoms with van der Waals surface area (Å²) < 4.78 is 5.46. The topological polar surface area (TPSA) is 87.7 Å². The number of carbonyl (C=O) groups excluding carboxylic acids is 3. The van der Waals surface area contributed by atoms with Gasteiger partial charge in [0.05, 0.1) is 0 Å². The molecule has 0 aliphatic heterocycles. The first-order valence-electron chi connectivity index (χ1n) is 13.4. The highest BCUT2D eigenvalue weighted by atomic mass is 32.2. The van der Waals surface area contributed by atoms with Gasteiger partial charge < -0.3 is 20.3 Å². The van der Waals surface area contributed by atoms with Crippen LogP contribution in [0, 0.1) is 6.92 Å². The smallest absolute Gasteiger partial charge is 0.408 e. The first kappa shape index (κ1) is 31.0. The van der Waals surface area contributed by atoms with E-state index in [-0.39, 0.29) is 17.9 Å². The fraction of sp³-hybridized carbons (Fsp3) is 0.690. The molecule has 1 aromatic rings. The number of carbonyl (C=O) groups is 3. The van der Waals surface area contributed by atoms with E-state index in [0.29, 0.717) is 12.2 Å². The van der Waals surface area contributed by atoms with Crippen molar-refractivity contribution in [3.8, 4) is 0 Å². The summed E-state index contributed by atoms with van der Waals surface area (Å²) in [4.78, 5) is 42.5. The van der Waals surface area contributed by atoms with E-state index in [2.05, 4.69) is 10.6 Å². The van der Waals surface area contributed by atoms with Crippen LogP contribution in [0.1, 0.15) is 97.2 Å². The molecule has 0 bridgehead atoms. The Morgan fingerprint density at radius 3 is 2.14 bits per heavy atom. The van der Waals surface area contributed by atoms with Crippen LogP contribution < -0.4 is 10.6 Å². The second-order valence-corrected chi connectivity index (χ2v) is 13.0. The van der Waals surface area contributed by atoms with Crippen LogP contribution in [0.15, 0.2) is 24.3 Å². The molecular formula is C29H47N3O4S. The number of thioether (sulfide) groups is 1. The molecule has 0 spiro atoms. The predicted molar refractivity (Wildman–Crippen MR) is 152 cm³/mol. The van der Waals surface area contributed by atoms with E-state index >= 15 is 0 Å². The van der Waals surface area contributed by atoms with E-state index in [9.17, 15) is 14.4 Å². The molecule has 2 unspecified atom stereocenters. The molecule has 0 radical (unpaired) electrons. The lowest BCUT2D eigenvalue weighted by Crippen LogP contribution is -2.59. The molecule has 7 nitrogen and oxygen atoms in total. The molecule has 1 saturated carbocycles. The third-order valence-electron chi connectivity index (χ3n) is 6.41. The Morgan fingerprint density at radius 2 is 1.62 bits per heavy atom. The van der Waals surface area contributed by atoms with Gasteiger partial charge in [0, 0.05) is 11.6 Å². The minimum atomic E-state index is -0.827. The molecule has 1 fully saturated rings. The minimum absolute atomic E-state index is 0.110. The third-order valence-corrected chi connectivity index (χ3v) is 7.05. The van der Waals surface area contributed by atoms with Crippen molar-refractivity contribution >= 4 is 29.7 Å². The van der Waals surface area contributed by atoms with Gasteiger partial charge in [0.1, 0.15) is 17.7 Å². The van der Waals surface area contributed by atoms with Gasteiger partial charge in [-0.1, -0.05) is 49.1 Å². The van der Waals surface area contributed by atoms with E-state index in [1.165, 1.54) is 6.42 Å². The number of nitrogens with one attached hydrogen (secondary N) is 2. The Labute approximate surface area is 227 Å². The average molecular weight is 534 g/mol. The lowest BCUT2D eigenvalue weighted by atomic mass is 9.92. The normalized spacial score (nSPS) is 16.4. The highest BCUT2D eigenvalue weighted by Crippen LogP contribution is 2.31. The standard InChI is InChI=1S/C29H47N3O4S/c1-20-14-16-21(17-15-20)24(25(33)30-22-12-10-9-11-13-22)32(28(2,3)4)26(34)23(18-19-37-8)31-27(35)36-29(5,6)7/h14-17,22-24H,9-13,18-19H2,1-8H3,(H,30,33)(H,31,35). The maximum absolute atomic E-state index is 14.2. The first-order valence-corrected chi connectivity index (χ1v) is 14.8. The molecule has 1 aliphatic rings. The van der Waals surface area contributed by atoms with Crippen LogP contribution in [0.2, 0.25) is 0 Å². The lowest BCUT2D eigenvalue weighted by Gasteiger charge is -2.43. The average Bonchev–Trinajstić information content (AvgIpc) is 2.79. The highest BCUT2D eigenvalue weighted by Gasteiger charge is 2.42. The molecule has 0 aromatic heterocycles. The Hall–Kier alpha value is -2.22. The van der Waals surface area contributed by atoms with E-state index < -0.39 is 29.3 Å². The van der Waals surface area contributed by atoms with Crippen LogP contribution >= 0.6 is 11.8 Å². The Bertz CT molecular complexity index is 899. The monoisotopic (exact) mass is 533 g/mol. The third kappa shape index (κ3) is 9.87. The summed E-state index contributed by atoms with van der Waals surface area (Å²) in [5.41, 5.74) is 0.450. The van der Waals surface area contributed by atoms with E-state index in [0.717, 1.165) is 36.8 Å². The van der Waals surface area contributed by atoms with Crippen molar-refractivity contribution in [1.29, 1.82) is 0 Å². The zero-order valence-electron chi connectivity index (χ0n) is 24.0. The van der Waals surface area contributed by atoms with Crippen molar-refractivity contribution in [3.63, 3.8) is 0 Å². The first-order chi connectivity index (χ1) is 17.2. The van der Waals surface area contributed by atoms with Crippen LogP contribution in [0.4, 0.5) is 4.79 Å². The summed E-state index contributed by atoms with van der Waals surface area (Å²) in [7, 11) is 0. The number of ether oxygens (including phenoxy) is 1. The second-order valence-electron chi connectivity index (χ2n) is 12.0. The molecule has 1 aliphatic carbocycles. The second kappa shape index (κ2) is 13.5. The fourth-order valence-corrected chi connectivity index (χ4v) is 5.12. The molecule has 8 heteroatoms. The zero-order valence-corrected chi connectivity index (χ0v) is 24.8. The van der Waals surface area contributed by atoms with Crippen LogP contribution in [0.5, 0.6) is 0 Å². The number of nitrogens with zero attached hydrogens (tertiary/aromatic N) is 1. The zero-order chi connectivity index (χ0) is 27.8. The van der Waals surface area contributed by atoms with Crippen molar-refractivity contribution in [3.05, 3.63) is 35.4 Å². The maximum atomic E-state index is 14.2. The largest absolute Gasteiger partial charge is 0.444 e. The molecule has 2 atom stereocenters. The van der Waals surface area contributed by atoms with E-state index in [1.54, 1.807) is 37.4 Å². The molecule has 2 N–H and O–H groups in total. The van der Waals surface area contributed by atoms with Crippen molar-refractivity contribution < 1.29 is 19.1 Å². The van der Waals surface area contributed by atoms with E-state index in [1.807, 2.05) is 58.2 Å². The summed E-state index contributed by atoms with van der Waals surface area (Å²) in [6.45, 7) is 13.1. The van der Waals surface area contributed by atoms with Crippen LogP contribution in [0.3, 0.4) is 0 Å². The summed E-state index contributed by atoms with van der Waals surface area (Å²) in [6, 6.07) is 6.23. The summed E-state index contributed by atoms with van der Waals surface area (Å²) in [6.07, 6.45) is 7.03. The highest BCUT2D eigenvalue weighted by molar-refractivity contribution is 7.98. The van der Waals surface area contributed by atoms with Gasteiger partial charge in [-0.25, -0.2) is 4.79 Å². The number of rotatable bonds is 9. The minimum Gasteiger partial charge on any atom is -0.444 e. The van der Waals surface area contributed by atoms with Gasteiger partial charge in [0.2, 0.25) is 11.8 Å². The quantitative estimate of drug-likeness (QED) is 0.421. The molecule has 37 heavy (non-hydrogen) atoms. The molecule has 3 amide bonds. The van der Waals surface area contributed by atoms with Crippen LogP contribution in [0.25, 0.3) is 0 Å². The predicted octanol–water partition coefficient (Wildman–Crippen LogP) is 5.76. The van der Waals surface area contributed by atoms with Crippen molar-refractivity contribution in [1.82, 2.24) is 15.5 Å². The number of aryl methyl sites for hydroxylation is 1. The van der Waals surface area contributed by atoms with E-state index in [4.69, 9.17) is 4.74 Å². The molecule has 1 aromatic carbocycles. The Kier molecular flexibility index (Phi) is 11.3. The molecule has 208 valence electrons. The van der Waals surface area contributed by atoms with Crippen LogP contribution in [-0.4, -0.2) is 58.0 Å². The van der Waals surface area contributed by atoms with Gasteiger partial charge >= 0.3 is 6.09 Å². The van der Waals surface area contributed by atoms with Gasteiger partial charge in [0.25, 0.3) is 0 Å². The number of alkyl carbamates (subject to hydrolysis) is 1. The van der Waals surface area contributed by atoms with Crippen molar-refractivity contribution in [2.75, 3.05) is 12.0 Å². The Balaban J connectivity index is 2.47. The summed E-state index contributed by atoms with van der Waals surface area (Å²) in [5, 5.41) is 6.04. The summed E-state index contributed by atoms with van der Waals surface area (Å²) in [5.74, 6) is 0.199. The molecule has 2 rings (SSSR count). The molecular weight excluding hydrogens is 486 g/mol. The van der Waals surface area contributed by atoms with Crippen LogP contribution in [-0.2, 0) is 14.3 Å². The number of hydrogen-bond donors (Lipinski definition) is 2. The van der Waals surface area contributed by atoms with Crippen molar-refractivity contribution in [2.45, 2.75) is 116 Å². The van der Waals surface area contributed by atoms with Crippen molar-refractivity contribution in [2.24, 2.45) is 0 Å². The van der Waals surface area contributed by atoms with Gasteiger partial charge in [-0.15, -0.1) is 0 Å². The number of hydrogen-bond acceptors (Lipinski definition) is 5. The number of amides is 3. The maximum Gasteiger partial charge on any atom is 0.408 e. The van der Waals surface area contributed by atoms with Gasteiger partial charge in [0.15, 0.2) is 0 Å². The molecule has 0 heterocycles. The van der Waals surface area contributed by atoms with Gasteiger partial charge in [-0.2, -0.15) is 11.8 Å². The Morgan fingerprint density at radius 1 is 1.03 bits per heavy atom.